The van der Waals surface area contributed by atoms with Gasteiger partial charge < -0.3 is 133 Å². The van der Waals surface area contributed by atoms with Crippen molar-refractivity contribution in [3.05, 3.63) is 23.1 Å². The van der Waals surface area contributed by atoms with E-state index in [1.165, 1.54) is 33.6 Å². The van der Waals surface area contributed by atoms with Crippen molar-refractivity contribution < 1.29 is 130 Å². The van der Waals surface area contributed by atoms with Crippen molar-refractivity contribution in [3.63, 3.8) is 0 Å². The number of H-pyrrole nitrogens is 2. The third-order valence-corrected chi connectivity index (χ3v) is 16.7. The summed E-state index contributed by atoms with van der Waals surface area (Å²) in [7, 11) is 0. The van der Waals surface area contributed by atoms with Gasteiger partial charge in [0, 0.05) is 90.9 Å². The Hall–Kier alpha value is -11.8. The number of amides is 11. The van der Waals surface area contributed by atoms with Crippen LogP contribution in [-0.4, -0.2) is 336 Å². The second-order valence-corrected chi connectivity index (χ2v) is 42.0. The number of nitrogens with two attached hydrogens (primary N) is 2. The predicted octanol–water partition coefficient (Wildman–Crippen LogP) is 3.33. The van der Waals surface area contributed by atoms with Gasteiger partial charge in [0.25, 0.3) is 0 Å². The lowest BCUT2D eigenvalue weighted by Gasteiger charge is -2.25. The van der Waals surface area contributed by atoms with E-state index in [4.69, 9.17) is 56.7 Å². The number of carbonyl (C=O) groups is 16. The van der Waals surface area contributed by atoms with Crippen LogP contribution in [0.25, 0.3) is 4.85 Å². The van der Waals surface area contributed by atoms with E-state index in [1.807, 2.05) is 125 Å². The van der Waals surface area contributed by atoms with Crippen LogP contribution in [0.15, 0.2) is 0 Å². The topological polar surface area (TPSA) is 741 Å². The van der Waals surface area contributed by atoms with E-state index in [0.717, 1.165) is 51.4 Å². The zero-order chi connectivity index (χ0) is 116. The molecule has 0 saturated heterocycles. The molecule has 8 atom stereocenters. The van der Waals surface area contributed by atoms with Crippen LogP contribution in [0.2, 0.25) is 0 Å². The van der Waals surface area contributed by atoms with Crippen molar-refractivity contribution in [2.75, 3.05) is 85.7 Å². The van der Waals surface area contributed by atoms with Crippen LogP contribution in [0, 0.1) is 6.57 Å². The van der Waals surface area contributed by atoms with Gasteiger partial charge in [-0.05, 0) is 207 Å². The van der Waals surface area contributed by atoms with Crippen LogP contribution in [-0.2, 0) is 113 Å². The van der Waals surface area contributed by atoms with Crippen LogP contribution in [0.3, 0.4) is 0 Å². The van der Waals surface area contributed by atoms with Gasteiger partial charge in [0.15, 0.2) is 11.6 Å². The summed E-state index contributed by atoms with van der Waals surface area (Å²) in [5.74, 6) is -3.79. The minimum Gasteiger partial charge on any atom is -0.464 e. The average molecular weight is 2120 g/mol. The molecule has 856 valence electrons. The number of rotatable bonds is 49. The molecule has 148 heavy (non-hydrogen) atoms. The molecule has 23 N–H and O–H groups in total. The van der Waals surface area contributed by atoms with Crippen molar-refractivity contribution in [1.82, 2.24) is 116 Å². The summed E-state index contributed by atoms with van der Waals surface area (Å²) in [6, 6.07) is -6.53. The first kappa shape index (κ1) is 147. The van der Waals surface area contributed by atoms with Gasteiger partial charge in [-0.25, -0.2) is 21.0 Å². The fraction of sp³-hybridized carbons (Fsp3) is 0.802. The van der Waals surface area contributed by atoms with Gasteiger partial charge in [-0.2, -0.15) is 10.4 Å². The van der Waals surface area contributed by atoms with Crippen molar-refractivity contribution in [1.29, 1.82) is 0 Å². The number of aliphatic hydroxyl groups is 3. The first-order valence-electron chi connectivity index (χ1n) is 49.5. The number of aromatic nitrogens is 8. The van der Waals surface area contributed by atoms with Crippen LogP contribution < -0.4 is 85.9 Å². The summed E-state index contributed by atoms with van der Waals surface area (Å²) in [5, 5.41) is 91.5. The lowest BCUT2D eigenvalue weighted by Crippen LogP contribution is -2.54. The van der Waals surface area contributed by atoms with Crippen LogP contribution in [0.4, 0.5) is 14.4 Å². The molecule has 0 saturated carbocycles. The van der Waals surface area contributed by atoms with Crippen molar-refractivity contribution in [2.45, 2.75) is 417 Å². The number of hydrogen-bond donors (Lipinski definition) is 21. The molecule has 2 aromatic heterocycles. The number of ether oxygens (including phenoxy) is 8. The number of nitrogens with zero attached hydrogens (tertiary/aromatic N) is 7. The molecular formula is C96H185N25O27. The molecule has 0 fully saturated rings. The van der Waals surface area contributed by atoms with Gasteiger partial charge in [0.2, 0.25) is 53.8 Å². The molecule has 0 aromatic carbocycles. The number of esters is 5. The van der Waals surface area contributed by atoms with E-state index in [1.54, 1.807) is 69.2 Å². The number of tetrazole rings is 2. The number of unbranched alkanes of at least 4 members (excludes halogenated alkanes) is 8. The Kier molecular flexibility index (Phi) is 78.8. The lowest BCUT2D eigenvalue weighted by molar-refractivity contribution is -0.146. The molecule has 0 spiro atoms. The Morgan fingerprint density at radius 3 is 0.905 bits per heavy atom. The van der Waals surface area contributed by atoms with E-state index >= 15 is 0 Å². The van der Waals surface area contributed by atoms with Crippen molar-refractivity contribution in [2.24, 2.45) is 11.5 Å². The maximum atomic E-state index is 12.3. The highest BCUT2D eigenvalue weighted by molar-refractivity contribution is 5.89. The first-order chi connectivity index (χ1) is 68.1. The molecule has 2 aromatic rings. The summed E-state index contributed by atoms with van der Waals surface area (Å²) in [4.78, 5) is 187. The highest BCUT2D eigenvalue weighted by Crippen LogP contribution is 2.12. The minimum atomic E-state index is -0.996. The smallest absolute Gasteiger partial charge is 0.408 e. The lowest BCUT2D eigenvalue weighted by atomic mass is 10.1. The molecule has 0 aliphatic carbocycles. The van der Waals surface area contributed by atoms with Gasteiger partial charge >= 0.3 is 48.1 Å². The minimum absolute atomic E-state index is 0.0598. The van der Waals surface area contributed by atoms with E-state index in [0.29, 0.717) is 50.5 Å². The Morgan fingerprint density at radius 1 is 0.351 bits per heavy atom. The van der Waals surface area contributed by atoms with E-state index < -0.39 is 119 Å². The quantitative estimate of drug-likeness (QED) is 0.0195. The largest absolute Gasteiger partial charge is 0.464 e. The summed E-state index contributed by atoms with van der Waals surface area (Å²) in [6.45, 7) is 65.9. The number of aliphatic hydroxyl groups excluding tert-OH is 3. The normalized spacial score (nSPS) is 12.8. The Balaban J connectivity index is -0.000000391. The standard InChI is InChI=1S/C18H34N2O5.C15H30N2O3.C13H24N2O5.C12H22N2O5.C10H20N6O2.C10H19N3O2.C9H18N6O2.C9H18N2O3/c1-6-8-9-10-11-12-15(21)25-13-14(19-17(23)24-7-2)16(22)20-18(3,4)5;1-5-6-7-8-9-10-13(18)20-11-12(16)14(19)17-15(2,3)4;1-8(2)20-12(18)14-10(7-19-9(3)16)11(17)15-13(4,5)6;1-6-18-11(17)13-9(7-19-8(2)15)10(16)14-12(3,4)5;1-10(2,3)12-9(18)7(6-17)11-5-4-8-13-15-16-14-8;1-10(2,3)13-9(15)8(7-14)12-6-5-11-4;1-9(2,3)11-8(17)6(5-16)10-4-7-12-14-15-13-7;1-6(12)14-5-7(10)8(13)11-9(2,3)4/h14H,6-13H2,1-5H3,(H,19,23)(H,20,22);12H,5-11,16H2,1-4H3,(H,17,19);8,10H,7H2,1-6H3,(H,14,18)(H,15,17);9H,6-7H2,1-5H3,(H,13,17)(H,14,16);7,11,17H,4-6H2,1-3H3,(H,12,18)(H,13,14,15,16);8,12,14H,5-7H2,1-3H3,(H,13,15);6,10,16H,4-5H2,1-3H3,(H,11,17)(H,12,13,14,15);7H,5,10H2,1-4H3,(H,11,13)/t14-;12-;10-;9-;7-;8-;6-;7-/m00000000/s1. The molecule has 0 aliphatic heterocycles. The third-order valence-electron chi connectivity index (χ3n) is 16.7. The van der Waals surface area contributed by atoms with Gasteiger partial charge in [-0.3, -0.25) is 73.0 Å². The maximum absolute atomic E-state index is 12.3. The highest BCUT2D eigenvalue weighted by Gasteiger charge is 2.33. The second kappa shape index (κ2) is 79.4. The van der Waals surface area contributed by atoms with Crippen LogP contribution in [0.1, 0.15) is 317 Å². The number of aromatic amines is 2. The maximum Gasteiger partial charge on any atom is 0.408 e. The van der Waals surface area contributed by atoms with E-state index in [9.17, 15) is 81.8 Å². The zero-order valence-electron chi connectivity index (χ0n) is 94.2. The monoisotopic (exact) mass is 2120 g/mol. The van der Waals surface area contributed by atoms with E-state index in [2.05, 4.69) is 144 Å². The summed E-state index contributed by atoms with van der Waals surface area (Å²) in [5.41, 5.74) is 8.15. The number of alkyl carbamates (subject to hydrolysis) is 3. The number of nitrogens with one attached hydrogen (secondary N) is 16. The molecule has 0 bridgehead atoms. The SMILES string of the molecule is CC(=O)OC[C@H](N)C(=O)NC(C)(C)C.CC(=O)OC[C@H](NC(=O)OC(C)C)C(=O)NC(C)(C)C.CC(C)(C)NC(=O)[C@H](CO)NCCc1nn[nH]n1.CC(C)(C)NC(=O)[C@H](CO)NCc1nn[nH]n1.CCCCCCCC(=O)OC[C@H](N)C(=O)NC(C)(C)C.CCCCCCCC(=O)OC[C@H](NC(=O)OCC)C(=O)NC(C)(C)C.CCOC(=O)N[C@@H](COC(C)=O)C(=O)NC(C)(C)C.[C-]#[N+]CCN[C@@H](CO)C(=O)NC(C)(C)C. The van der Waals surface area contributed by atoms with Crippen molar-refractivity contribution in [3.8, 4) is 0 Å². The Labute approximate surface area is 874 Å². The molecule has 52 heteroatoms. The summed E-state index contributed by atoms with van der Waals surface area (Å²) >= 11 is 0. The van der Waals surface area contributed by atoms with Gasteiger partial charge in [-0.1, -0.05) is 75.6 Å². The predicted molar refractivity (Wildman–Crippen MR) is 553 cm³/mol. The highest BCUT2D eigenvalue weighted by atomic mass is 16.6. The van der Waals surface area contributed by atoms with Crippen LogP contribution >= 0.6 is 0 Å². The molecule has 2 rings (SSSR count). The van der Waals surface area contributed by atoms with Gasteiger partial charge in [0.1, 0.15) is 81.4 Å². The number of carbonyl (C=O) groups excluding carboxylic acids is 16. The number of hydrogen-bond acceptors (Lipinski definition) is 38. The second-order valence-electron chi connectivity index (χ2n) is 42.0. The van der Waals surface area contributed by atoms with Crippen molar-refractivity contribution >= 4 is 95.4 Å². The molecule has 0 aliphatic rings. The van der Waals surface area contributed by atoms with E-state index in [-0.39, 0.29) is 148 Å². The molecule has 52 nitrogen and oxygen atoms in total. The molecule has 0 unspecified atom stereocenters. The molecule has 11 amide bonds. The average Bonchev–Trinajstić information content (AvgIpc) is 1.73. The van der Waals surface area contributed by atoms with Gasteiger partial charge in [0.05, 0.1) is 52.2 Å². The fourth-order valence-corrected chi connectivity index (χ4v) is 10.4. The fourth-order valence-electron chi connectivity index (χ4n) is 10.4. The summed E-state index contributed by atoms with van der Waals surface area (Å²) in [6.07, 6.45) is 9.33. The molecule has 0 radical (unpaired) electrons. The van der Waals surface area contributed by atoms with Crippen LogP contribution in [0.5, 0.6) is 0 Å². The van der Waals surface area contributed by atoms with Gasteiger partial charge in [-0.15, -0.1) is 20.4 Å². The summed E-state index contributed by atoms with van der Waals surface area (Å²) < 4.78 is 38.7. The first-order valence-corrected chi connectivity index (χ1v) is 49.5. The third kappa shape index (κ3) is 96.4. The Bertz CT molecular complexity index is 4130. The Morgan fingerprint density at radius 2 is 0.622 bits per heavy atom. The molecular weight excluding hydrogens is 1940 g/mol. The molecule has 2 heterocycles. The zero-order valence-corrected chi connectivity index (χ0v) is 94.2.